The highest BCUT2D eigenvalue weighted by atomic mass is 32.2. The van der Waals surface area contributed by atoms with E-state index in [0.29, 0.717) is 13.1 Å². The summed E-state index contributed by atoms with van der Waals surface area (Å²) >= 11 is 0. The number of benzene rings is 2. The van der Waals surface area contributed by atoms with E-state index in [1.807, 2.05) is 36.4 Å². The predicted octanol–water partition coefficient (Wildman–Crippen LogP) is 3.19. The van der Waals surface area contributed by atoms with Gasteiger partial charge in [0.15, 0.2) is 5.03 Å². The van der Waals surface area contributed by atoms with Crippen LogP contribution in [0.2, 0.25) is 0 Å². The van der Waals surface area contributed by atoms with Crippen LogP contribution >= 0.6 is 0 Å². The monoisotopic (exact) mass is 381 g/mol. The maximum absolute atomic E-state index is 13.2. The van der Waals surface area contributed by atoms with E-state index in [1.54, 1.807) is 22.1 Å². The van der Waals surface area contributed by atoms with Crippen LogP contribution in [0.3, 0.4) is 0 Å². The molecule has 0 radical (unpaired) electrons. The maximum Gasteiger partial charge on any atom is 0.262 e. The van der Waals surface area contributed by atoms with E-state index in [9.17, 15) is 8.42 Å². The zero-order valence-electron chi connectivity index (χ0n) is 15.3. The Morgan fingerprint density at radius 2 is 1.56 bits per heavy atom. The lowest BCUT2D eigenvalue weighted by Crippen LogP contribution is -2.49. The minimum Gasteiger partial charge on any atom is -0.339 e. The Bertz CT molecular complexity index is 974. The number of aryl methyl sites for hydroxylation is 1. The van der Waals surface area contributed by atoms with Crippen molar-refractivity contribution in [1.29, 1.82) is 0 Å². The molecule has 0 atom stereocenters. The number of rotatable bonds is 4. The minimum absolute atomic E-state index is 0.113. The van der Waals surface area contributed by atoms with Gasteiger partial charge in [-0.3, -0.25) is 0 Å². The fourth-order valence-electron chi connectivity index (χ4n) is 4.03. The summed E-state index contributed by atoms with van der Waals surface area (Å²) in [5.41, 5.74) is 1.94. The van der Waals surface area contributed by atoms with Crippen molar-refractivity contribution in [2.24, 2.45) is 7.05 Å². The summed E-state index contributed by atoms with van der Waals surface area (Å²) in [6, 6.07) is 20.5. The summed E-state index contributed by atoms with van der Waals surface area (Å²) < 4.78 is 29.7. The van der Waals surface area contributed by atoms with Crippen LogP contribution in [0.25, 0.3) is 0 Å². The molecule has 140 valence electrons. The van der Waals surface area contributed by atoms with Crippen molar-refractivity contribution < 1.29 is 8.42 Å². The van der Waals surface area contributed by atoms with Gasteiger partial charge in [0, 0.05) is 31.7 Å². The molecule has 3 aromatic rings. The van der Waals surface area contributed by atoms with Gasteiger partial charge in [0.25, 0.3) is 10.0 Å². The number of hydrogen-bond acceptors (Lipinski definition) is 3. The molecule has 1 saturated heterocycles. The lowest BCUT2D eigenvalue weighted by molar-refractivity contribution is 0.257. The van der Waals surface area contributed by atoms with Crippen molar-refractivity contribution in [3.63, 3.8) is 0 Å². The largest absolute Gasteiger partial charge is 0.339 e. The van der Waals surface area contributed by atoms with Crippen LogP contribution in [0.1, 0.15) is 24.0 Å². The molecule has 0 amide bonds. The van der Waals surface area contributed by atoms with Crippen molar-refractivity contribution in [3.8, 4) is 0 Å². The molecule has 1 fully saturated rings. The summed E-state index contributed by atoms with van der Waals surface area (Å²) in [5.74, 6) is 0. The van der Waals surface area contributed by atoms with Gasteiger partial charge in [-0.25, -0.2) is 13.4 Å². The Morgan fingerprint density at radius 1 is 0.963 bits per heavy atom. The highest BCUT2D eigenvalue weighted by molar-refractivity contribution is 7.89. The van der Waals surface area contributed by atoms with E-state index in [1.165, 1.54) is 6.33 Å². The highest BCUT2D eigenvalue weighted by Gasteiger charge is 2.43. The molecule has 5 nitrogen and oxygen atoms in total. The van der Waals surface area contributed by atoms with Crippen LogP contribution in [0.4, 0.5) is 0 Å². The maximum atomic E-state index is 13.2. The summed E-state index contributed by atoms with van der Waals surface area (Å²) in [4.78, 5) is 4.09. The van der Waals surface area contributed by atoms with Crippen LogP contribution < -0.4 is 0 Å². The molecule has 6 heteroatoms. The fourth-order valence-corrected chi connectivity index (χ4v) is 5.53. The second-order valence-electron chi connectivity index (χ2n) is 7.13. The van der Waals surface area contributed by atoms with Crippen molar-refractivity contribution in [2.45, 2.75) is 23.3 Å². The molecule has 0 bridgehead atoms. The van der Waals surface area contributed by atoms with Crippen molar-refractivity contribution in [3.05, 3.63) is 84.3 Å². The van der Waals surface area contributed by atoms with E-state index in [-0.39, 0.29) is 10.4 Å². The van der Waals surface area contributed by atoms with Gasteiger partial charge in [-0.1, -0.05) is 60.7 Å². The molecule has 0 spiro atoms. The molecule has 0 unspecified atom stereocenters. The van der Waals surface area contributed by atoms with Gasteiger partial charge in [-0.15, -0.1) is 0 Å². The summed E-state index contributed by atoms with van der Waals surface area (Å²) in [5, 5.41) is 0.113. The van der Waals surface area contributed by atoms with Gasteiger partial charge >= 0.3 is 0 Å². The Morgan fingerprint density at radius 3 is 2.07 bits per heavy atom. The van der Waals surface area contributed by atoms with Crippen LogP contribution in [-0.4, -0.2) is 35.4 Å². The molecule has 0 saturated carbocycles. The third-order valence-corrected chi connectivity index (χ3v) is 7.13. The van der Waals surface area contributed by atoms with E-state index in [2.05, 4.69) is 29.2 Å². The quantitative estimate of drug-likeness (QED) is 0.697. The number of aromatic nitrogens is 2. The van der Waals surface area contributed by atoms with Gasteiger partial charge in [0.1, 0.15) is 0 Å². The molecule has 2 aromatic carbocycles. The first-order chi connectivity index (χ1) is 13.0. The molecule has 27 heavy (non-hydrogen) atoms. The molecule has 2 heterocycles. The Labute approximate surface area is 160 Å². The first kappa shape index (κ1) is 17.9. The Hall–Kier alpha value is -2.44. The summed E-state index contributed by atoms with van der Waals surface area (Å²) in [7, 11) is -1.85. The molecule has 1 aliphatic rings. The predicted molar refractivity (Wildman–Crippen MR) is 105 cm³/mol. The molecular weight excluding hydrogens is 358 g/mol. The fraction of sp³-hybridized carbons (Fsp3) is 0.286. The van der Waals surface area contributed by atoms with Crippen molar-refractivity contribution >= 4 is 10.0 Å². The summed E-state index contributed by atoms with van der Waals surface area (Å²) in [6.07, 6.45) is 4.81. The minimum atomic E-state index is -3.63. The number of hydrogen-bond donors (Lipinski definition) is 0. The van der Waals surface area contributed by atoms with Crippen LogP contribution in [0.15, 0.2) is 78.2 Å². The topological polar surface area (TPSA) is 55.2 Å². The zero-order valence-corrected chi connectivity index (χ0v) is 16.1. The van der Waals surface area contributed by atoms with Crippen LogP contribution in [0.5, 0.6) is 0 Å². The zero-order chi connectivity index (χ0) is 18.9. The molecule has 4 rings (SSSR count). The van der Waals surface area contributed by atoms with E-state index in [0.717, 1.165) is 24.0 Å². The third-order valence-electron chi connectivity index (χ3n) is 5.40. The number of sulfonamides is 1. The van der Waals surface area contributed by atoms with E-state index < -0.39 is 10.0 Å². The number of imidazole rings is 1. The molecule has 0 N–H and O–H groups in total. The van der Waals surface area contributed by atoms with Gasteiger partial charge < -0.3 is 4.57 Å². The van der Waals surface area contributed by atoms with E-state index in [4.69, 9.17) is 0 Å². The first-order valence-corrected chi connectivity index (χ1v) is 10.6. The summed E-state index contributed by atoms with van der Waals surface area (Å²) in [6.45, 7) is 0.931. The first-order valence-electron chi connectivity index (χ1n) is 9.12. The standard InChI is InChI=1S/C21H23N3O2S/c1-23-15-20(22-17-23)27(25,26)24-14-8-13-21(16-24,18-9-4-2-5-10-18)19-11-6-3-7-12-19/h2-7,9-12,15,17H,8,13-14,16H2,1H3. The van der Waals surface area contributed by atoms with Gasteiger partial charge in [-0.05, 0) is 24.0 Å². The van der Waals surface area contributed by atoms with Gasteiger partial charge in [0.05, 0.1) is 6.33 Å². The second kappa shape index (κ2) is 6.94. The second-order valence-corrected chi connectivity index (χ2v) is 9.02. The lowest BCUT2D eigenvalue weighted by Gasteiger charge is -2.43. The highest BCUT2D eigenvalue weighted by Crippen LogP contribution is 2.41. The Kier molecular flexibility index (Phi) is 4.61. The third kappa shape index (κ3) is 3.19. The number of nitrogens with zero attached hydrogens (tertiary/aromatic N) is 3. The Balaban J connectivity index is 1.79. The molecular formula is C21H23N3O2S. The average molecular weight is 382 g/mol. The molecule has 0 aliphatic carbocycles. The van der Waals surface area contributed by atoms with Gasteiger partial charge in [-0.2, -0.15) is 4.31 Å². The van der Waals surface area contributed by atoms with Gasteiger partial charge in [0.2, 0.25) is 0 Å². The normalized spacial score (nSPS) is 17.7. The van der Waals surface area contributed by atoms with Crippen molar-refractivity contribution in [1.82, 2.24) is 13.9 Å². The average Bonchev–Trinajstić information content (AvgIpc) is 3.16. The van der Waals surface area contributed by atoms with E-state index >= 15 is 0 Å². The van der Waals surface area contributed by atoms with Crippen molar-refractivity contribution in [2.75, 3.05) is 13.1 Å². The number of piperidine rings is 1. The lowest BCUT2D eigenvalue weighted by atomic mass is 9.70. The smallest absolute Gasteiger partial charge is 0.262 e. The molecule has 1 aliphatic heterocycles. The van der Waals surface area contributed by atoms with Crippen LogP contribution in [0, 0.1) is 0 Å². The molecule has 1 aromatic heterocycles. The SMILES string of the molecule is Cn1cnc(S(=O)(=O)N2CCCC(c3ccccc3)(c3ccccc3)C2)c1. The van der Waals surface area contributed by atoms with Crippen LogP contribution in [-0.2, 0) is 22.5 Å².